The zero-order valence-electron chi connectivity index (χ0n) is 28.2. The summed E-state index contributed by atoms with van der Waals surface area (Å²) in [6, 6.07) is 7.66. The molecule has 0 unspecified atom stereocenters. The summed E-state index contributed by atoms with van der Waals surface area (Å²) in [5.41, 5.74) is -6.51. The first kappa shape index (κ1) is 38.9. The number of hydrogen-bond acceptors (Lipinski definition) is 9. The number of halogens is 9. The fourth-order valence-corrected chi connectivity index (χ4v) is 7.07. The third-order valence-corrected chi connectivity index (χ3v) is 9.71. The van der Waals surface area contributed by atoms with Gasteiger partial charge in [-0.05, 0) is 92.1 Å². The lowest BCUT2D eigenvalue weighted by Crippen LogP contribution is -2.35. The summed E-state index contributed by atoms with van der Waals surface area (Å²) < 4.78 is 141. The smallest absolute Gasteiger partial charge is 0.547 e. The van der Waals surface area contributed by atoms with Gasteiger partial charge in [-0.2, -0.15) is 39.5 Å². The number of alkyl halides is 9. The third-order valence-electron chi connectivity index (χ3n) is 8.49. The molecular formula is C36H21AlF9N3O6. The Balaban J connectivity index is 1.44. The molecule has 0 radical (unpaired) electrons. The highest BCUT2D eigenvalue weighted by molar-refractivity contribution is 6.46. The number of fused-ring (bicyclic) bond motifs is 3. The van der Waals surface area contributed by atoms with Gasteiger partial charge in [0.15, 0.2) is 0 Å². The van der Waals surface area contributed by atoms with Gasteiger partial charge in [0.1, 0.15) is 0 Å². The minimum atomic E-state index is -4.88. The number of carbonyl (C=O) groups excluding carboxylic acids is 3. The Morgan fingerprint density at radius 2 is 0.709 bits per heavy atom. The van der Waals surface area contributed by atoms with Gasteiger partial charge >= 0.3 is 51.6 Å². The molecular weight excluding hydrogens is 768 g/mol. The second-order valence-electron chi connectivity index (χ2n) is 12.0. The molecule has 0 atom stereocenters. The average molecular weight is 790 g/mol. The van der Waals surface area contributed by atoms with E-state index in [2.05, 4.69) is 15.0 Å². The minimum absolute atomic E-state index is 0.0626. The van der Waals surface area contributed by atoms with E-state index in [9.17, 15) is 53.9 Å². The van der Waals surface area contributed by atoms with Crippen molar-refractivity contribution in [3.05, 3.63) is 123 Å². The molecule has 0 N–H and O–H groups in total. The highest BCUT2D eigenvalue weighted by atomic mass is 27.3. The van der Waals surface area contributed by atoms with Crippen LogP contribution in [0.3, 0.4) is 0 Å². The van der Waals surface area contributed by atoms with E-state index < -0.39 is 118 Å². The molecule has 0 saturated heterocycles. The number of aryl methyl sites for hydroxylation is 3. The second-order valence-corrected chi connectivity index (χ2v) is 13.3. The van der Waals surface area contributed by atoms with Crippen molar-refractivity contribution in [2.24, 2.45) is 0 Å². The van der Waals surface area contributed by atoms with Crippen molar-refractivity contribution in [1.29, 1.82) is 0 Å². The van der Waals surface area contributed by atoms with Crippen LogP contribution < -0.4 is 0 Å². The van der Waals surface area contributed by atoms with Gasteiger partial charge in [0.05, 0.1) is 49.9 Å². The normalized spacial score (nSPS) is 12.2. The Bertz CT molecular complexity index is 2280. The predicted octanol–water partition coefficient (Wildman–Crippen LogP) is 9.17. The summed E-state index contributed by atoms with van der Waals surface area (Å²) in [6.45, 7) is 3.97. The van der Waals surface area contributed by atoms with E-state index in [1.807, 2.05) is 0 Å². The maximum absolute atomic E-state index is 13.9. The highest BCUT2D eigenvalue weighted by Gasteiger charge is 2.51. The molecule has 282 valence electrons. The van der Waals surface area contributed by atoms with Gasteiger partial charge in [-0.3, -0.25) is 15.0 Å². The molecule has 6 aromatic rings. The summed E-state index contributed by atoms with van der Waals surface area (Å²) in [6.07, 6.45) is -11.3. The Kier molecular flexibility index (Phi) is 9.99. The summed E-state index contributed by atoms with van der Waals surface area (Å²) in [5.74, 6) is -4.48. The first-order valence-electron chi connectivity index (χ1n) is 15.7. The molecule has 3 aromatic heterocycles. The summed E-state index contributed by atoms with van der Waals surface area (Å²) in [7, 11) is 0. The molecule has 6 rings (SSSR count). The topological polar surface area (TPSA) is 118 Å². The predicted molar refractivity (Wildman–Crippen MR) is 176 cm³/mol. The third kappa shape index (κ3) is 7.49. The highest BCUT2D eigenvalue weighted by Crippen LogP contribution is 2.40. The molecule has 0 aliphatic heterocycles. The van der Waals surface area contributed by atoms with Gasteiger partial charge in [0.25, 0.3) is 0 Å². The Morgan fingerprint density at radius 3 is 0.945 bits per heavy atom. The first-order chi connectivity index (χ1) is 25.7. The quantitative estimate of drug-likeness (QED) is 0.120. The van der Waals surface area contributed by atoms with Gasteiger partial charge in [0.2, 0.25) is 0 Å². The van der Waals surface area contributed by atoms with Crippen LogP contribution in [0.5, 0.6) is 0 Å². The molecule has 3 aromatic carbocycles. The molecule has 0 aliphatic rings. The minimum Gasteiger partial charge on any atom is -0.547 e. The number of hydrogen-bond donors (Lipinski definition) is 0. The molecule has 0 spiro atoms. The molecule has 9 nitrogen and oxygen atoms in total. The maximum Gasteiger partial charge on any atom is 1.20 e. The molecule has 0 amide bonds. The molecule has 0 saturated carbocycles. The standard InChI is InChI=1S/3C12H8F3NO2.Al/c3*1-6-4-5-16-10-7(11(17)18)2-3-8(9(6)10)12(13,14)15;/h3*2-5H,1H3,(H,17,18);/q;;;+3/p-3. The van der Waals surface area contributed by atoms with Crippen LogP contribution in [-0.2, 0) is 29.9 Å². The first-order valence-corrected chi connectivity index (χ1v) is 17.1. The molecule has 55 heavy (non-hydrogen) atoms. The largest absolute Gasteiger partial charge is 1.20 e. The van der Waals surface area contributed by atoms with E-state index in [-0.39, 0.29) is 16.7 Å². The molecule has 19 heteroatoms. The zero-order chi connectivity index (χ0) is 40.2. The molecule has 0 fully saturated rings. The number of carbonyl (C=O) groups is 3. The number of rotatable bonds is 6. The van der Waals surface area contributed by atoms with Crippen LogP contribution >= 0.6 is 0 Å². The van der Waals surface area contributed by atoms with Crippen molar-refractivity contribution in [3.63, 3.8) is 0 Å². The van der Waals surface area contributed by atoms with Crippen molar-refractivity contribution >= 4 is 65.8 Å². The van der Waals surface area contributed by atoms with Crippen molar-refractivity contribution in [2.45, 2.75) is 39.3 Å². The average Bonchev–Trinajstić information content (AvgIpc) is 3.09. The van der Waals surface area contributed by atoms with Crippen molar-refractivity contribution in [2.75, 3.05) is 0 Å². The second kappa shape index (κ2) is 14.1. The van der Waals surface area contributed by atoms with Crippen LogP contribution in [0.4, 0.5) is 39.5 Å². The van der Waals surface area contributed by atoms with Gasteiger partial charge in [0, 0.05) is 34.7 Å². The Labute approximate surface area is 308 Å². The van der Waals surface area contributed by atoms with Gasteiger partial charge < -0.3 is 11.4 Å². The lowest BCUT2D eigenvalue weighted by atomic mass is 10.00. The summed E-state index contributed by atoms with van der Waals surface area (Å²) >= 11 is -4.63. The summed E-state index contributed by atoms with van der Waals surface area (Å²) in [4.78, 5) is 52.6. The van der Waals surface area contributed by atoms with Crippen LogP contribution in [-0.4, -0.2) is 48.0 Å². The Morgan fingerprint density at radius 1 is 0.455 bits per heavy atom. The number of nitrogens with zero attached hydrogens (tertiary/aromatic N) is 3. The van der Waals surface area contributed by atoms with Gasteiger partial charge in [-0.15, -0.1) is 0 Å². The van der Waals surface area contributed by atoms with E-state index in [1.165, 1.54) is 39.0 Å². The number of benzene rings is 3. The van der Waals surface area contributed by atoms with E-state index in [0.29, 0.717) is 18.2 Å². The van der Waals surface area contributed by atoms with Gasteiger partial charge in [-0.1, -0.05) is 0 Å². The van der Waals surface area contributed by atoms with Crippen molar-refractivity contribution in [3.8, 4) is 0 Å². The molecule has 0 aliphatic carbocycles. The fraction of sp³-hybridized carbons (Fsp3) is 0.167. The zero-order valence-corrected chi connectivity index (χ0v) is 29.4. The molecule has 3 heterocycles. The SMILES string of the molecule is Cc1ccnc2c(C(=O)[O][Al]([O]C(=O)c3ccc(C(F)(F)F)c4c(C)ccnc34)[O]C(=O)c3ccc(C(F)(F)F)c4c(C)ccnc34)ccc(C(F)(F)F)c12. The lowest BCUT2D eigenvalue weighted by Gasteiger charge is -2.18. The monoisotopic (exact) mass is 789 g/mol. The number of pyridine rings is 3. The lowest BCUT2D eigenvalue weighted by molar-refractivity contribution is -0.137. The maximum atomic E-state index is 13.9. The van der Waals surface area contributed by atoms with Gasteiger partial charge in [-0.25, -0.2) is 14.4 Å². The van der Waals surface area contributed by atoms with Crippen molar-refractivity contribution < 1.29 is 65.3 Å². The van der Waals surface area contributed by atoms with Crippen molar-refractivity contribution in [1.82, 2.24) is 15.0 Å². The number of aromatic nitrogens is 3. The Hall–Kier alpha value is -5.80. The van der Waals surface area contributed by atoms with Crippen LogP contribution in [0.25, 0.3) is 32.7 Å². The van der Waals surface area contributed by atoms with E-state index >= 15 is 0 Å². The van der Waals surface area contributed by atoms with Crippen LogP contribution in [0.15, 0.2) is 73.2 Å². The van der Waals surface area contributed by atoms with E-state index in [1.54, 1.807) is 0 Å². The van der Waals surface area contributed by atoms with E-state index in [4.69, 9.17) is 11.4 Å². The van der Waals surface area contributed by atoms with Crippen LogP contribution in [0.2, 0.25) is 0 Å². The fourth-order valence-electron chi connectivity index (χ4n) is 6.02. The summed E-state index contributed by atoms with van der Waals surface area (Å²) in [5, 5.41) is -1.44. The molecule has 0 bridgehead atoms. The van der Waals surface area contributed by atoms with Crippen LogP contribution in [0.1, 0.15) is 64.5 Å². The van der Waals surface area contributed by atoms with Crippen LogP contribution in [0, 0.1) is 20.8 Å². The van der Waals surface area contributed by atoms with E-state index in [0.717, 1.165) is 36.8 Å².